The highest BCUT2D eigenvalue weighted by Gasteiger charge is 2.34. The van der Waals surface area contributed by atoms with Crippen molar-refractivity contribution in [3.63, 3.8) is 0 Å². The Bertz CT molecular complexity index is 1110. The van der Waals surface area contributed by atoms with Crippen molar-refractivity contribution in [1.29, 1.82) is 0 Å². The number of aromatic nitrogens is 2. The summed E-state index contributed by atoms with van der Waals surface area (Å²) < 4.78 is 7.65. The summed E-state index contributed by atoms with van der Waals surface area (Å²) in [5.41, 5.74) is 6.00. The van der Waals surface area contributed by atoms with Gasteiger partial charge in [-0.2, -0.15) is 5.10 Å². The Labute approximate surface area is 205 Å². The number of hydrogen-bond acceptors (Lipinski definition) is 3. The lowest BCUT2D eigenvalue weighted by atomic mass is 9.82. The van der Waals surface area contributed by atoms with E-state index >= 15 is 0 Å². The third kappa shape index (κ3) is 5.37. The molecule has 0 saturated heterocycles. The van der Waals surface area contributed by atoms with Gasteiger partial charge in [0.05, 0.1) is 6.61 Å². The molecule has 1 heterocycles. The Kier molecular flexibility index (Phi) is 7.02. The minimum atomic E-state index is -0.898. The van der Waals surface area contributed by atoms with Gasteiger partial charge in [0.1, 0.15) is 12.3 Å². The van der Waals surface area contributed by atoms with Crippen LogP contribution in [0.5, 0.6) is 0 Å². The number of carboxylic acid groups (broad SMARTS) is 1. The molecule has 1 aromatic heterocycles. The van der Waals surface area contributed by atoms with E-state index in [9.17, 15) is 4.79 Å². The van der Waals surface area contributed by atoms with E-state index < -0.39 is 5.97 Å². The fraction of sp³-hybridized carbons (Fsp3) is 0.429. The molecular weight excluding hydrogens is 448 g/mol. The smallest absolute Gasteiger partial charge is 0.329 e. The minimum absolute atomic E-state index is 0.201. The van der Waals surface area contributed by atoms with Crippen LogP contribution >= 0.6 is 11.6 Å². The molecule has 178 valence electrons. The first kappa shape index (κ1) is 23.1. The van der Waals surface area contributed by atoms with E-state index in [0.29, 0.717) is 24.4 Å². The van der Waals surface area contributed by atoms with Crippen LogP contribution in [0.4, 0.5) is 0 Å². The van der Waals surface area contributed by atoms with Gasteiger partial charge in [-0.3, -0.25) is 4.68 Å². The Morgan fingerprint density at radius 1 is 0.941 bits per heavy atom. The molecule has 0 radical (unpaired) electrons. The van der Waals surface area contributed by atoms with E-state index in [-0.39, 0.29) is 6.61 Å². The highest BCUT2D eigenvalue weighted by Crippen LogP contribution is 2.48. The van der Waals surface area contributed by atoms with Crippen LogP contribution in [0.15, 0.2) is 54.6 Å². The number of hydrogen-bond donors (Lipinski definition) is 1. The molecule has 2 aliphatic rings. The molecule has 0 unspecified atom stereocenters. The van der Waals surface area contributed by atoms with Crippen LogP contribution in [0.3, 0.4) is 0 Å². The lowest BCUT2D eigenvalue weighted by molar-refractivity contribution is -0.142. The predicted molar refractivity (Wildman–Crippen MR) is 134 cm³/mol. The summed E-state index contributed by atoms with van der Waals surface area (Å²) >= 11 is 6.20. The largest absolute Gasteiger partial charge is 0.480 e. The summed E-state index contributed by atoms with van der Waals surface area (Å²) in [5.74, 6) is 0.706. The normalized spacial score (nSPS) is 20.4. The number of ether oxygens (including phenoxy) is 1. The minimum Gasteiger partial charge on any atom is -0.480 e. The summed E-state index contributed by atoms with van der Waals surface area (Å²) in [6, 6.07) is 18.6. The molecule has 34 heavy (non-hydrogen) atoms. The first-order valence-corrected chi connectivity index (χ1v) is 12.7. The third-order valence-electron chi connectivity index (χ3n) is 7.11. The molecule has 2 saturated carbocycles. The molecule has 1 N–H and O–H groups in total. The van der Waals surface area contributed by atoms with E-state index in [1.165, 1.54) is 29.7 Å². The maximum Gasteiger partial charge on any atom is 0.329 e. The van der Waals surface area contributed by atoms with Crippen LogP contribution in [0.2, 0.25) is 5.02 Å². The van der Waals surface area contributed by atoms with Gasteiger partial charge < -0.3 is 9.84 Å². The summed E-state index contributed by atoms with van der Waals surface area (Å²) in [5, 5.41) is 14.7. The van der Waals surface area contributed by atoms with Gasteiger partial charge in [0.25, 0.3) is 0 Å². The Morgan fingerprint density at radius 2 is 1.62 bits per heavy atom. The van der Waals surface area contributed by atoms with Gasteiger partial charge in [0, 0.05) is 34.3 Å². The van der Waals surface area contributed by atoms with Crippen molar-refractivity contribution in [1.82, 2.24) is 9.78 Å². The van der Waals surface area contributed by atoms with E-state index in [4.69, 9.17) is 26.5 Å². The quantitative estimate of drug-likeness (QED) is 0.373. The zero-order valence-electron chi connectivity index (χ0n) is 19.3. The fourth-order valence-corrected chi connectivity index (χ4v) is 5.35. The number of carbonyl (C=O) groups is 1. The van der Waals surface area contributed by atoms with Crippen LogP contribution in [-0.4, -0.2) is 34.1 Å². The highest BCUT2D eigenvalue weighted by molar-refractivity contribution is 6.30. The van der Waals surface area contributed by atoms with Crippen LogP contribution in [0.1, 0.15) is 50.1 Å². The molecular formula is C28H31ClN2O3. The van der Waals surface area contributed by atoms with Crippen molar-refractivity contribution < 1.29 is 14.6 Å². The molecule has 6 heteroatoms. The molecule has 0 atom stereocenters. The number of benzene rings is 2. The second-order valence-corrected chi connectivity index (χ2v) is 10.2. The van der Waals surface area contributed by atoms with Gasteiger partial charge in [-0.15, -0.1) is 0 Å². The average Bonchev–Trinajstić information content (AvgIpc) is 3.62. The molecule has 2 fully saturated rings. The predicted octanol–water partition coefficient (Wildman–Crippen LogP) is 6.66. The molecule has 2 aliphatic carbocycles. The monoisotopic (exact) mass is 478 g/mol. The maximum absolute atomic E-state index is 10.7. The van der Waals surface area contributed by atoms with Crippen molar-refractivity contribution in [2.75, 3.05) is 13.2 Å². The second kappa shape index (κ2) is 10.3. The summed E-state index contributed by atoms with van der Waals surface area (Å²) in [4.78, 5) is 10.7. The zero-order chi connectivity index (χ0) is 23.5. The van der Waals surface area contributed by atoms with Gasteiger partial charge in [-0.05, 0) is 68.1 Å². The topological polar surface area (TPSA) is 64.3 Å². The first-order valence-electron chi connectivity index (χ1n) is 12.3. The van der Waals surface area contributed by atoms with Crippen molar-refractivity contribution in [2.24, 2.45) is 11.8 Å². The third-order valence-corrected chi connectivity index (χ3v) is 7.36. The van der Waals surface area contributed by atoms with E-state index in [2.05, 4.69) is 41.1 Å². The van der Waals surface area contributed by atoms with Gasteiger partial charge in [0.15, 0.2) is 0 Å². The number of aliphatic carboxylic acids is 1. The SMILES string of the molecule is O=C(O)COCC1CCC(Cn2nc(-c3ccccc3)c(-c3ccc(Cl)cc3)c2C2CC2)CC1. The average molecular weight is 479 g/mol. The molecule has 0 amide bonds. The molecule has 0 aliphatic heterocycles. The molecule has 3 aromatic rings. The van der Waals surface area contributed by atoms with E-state index in [1.807, 2.05) is 18.2 Å². The van der Waals surface area contributed by atoms with Crippen LogP contribution < -0.4 is 0 Å². The molecule has 2 aromatic carbocycles. The second-order valence-electron chi connectivity index (χ2n) is 9.73. The number of rotatable bonds is 9. The number of nitrogens with zero attached hydrogens (tertiary/aromatic N) is 2. The van der Waals surface area contributed by atoms with Crippen LogP contribution in [-0.2, 0) is 16.1 Å². The number of halogens is 1. The maximum atomic E-state index is 10.7. The standard InChI is InChI=1S/C28H31ClN2O3/c29-24-14-12-21(13-15-24)26-27(22-4-2-1-3-5-22)30-31(28(26)23-10-11-23)16-19-6-8-20(9-7-19)17-34-18-25(32)33/h1-5,12-15,19-20,23H,6-11,16-18H2,(H,32,33). The molecule has 5 nitrogen and oxygen atoms in total. The Morgan fingerprint density at radius 3 is 2.26 bits per heavy atom. The molecule has 0 spiro atoms. The Balaban J connectivity index is 1.40. The van der Waals surface area contributed by atoms with Gasteiger partial charge >= 0.3 is 5.97 Å². The zero-order valence-corrected chi connectivity index (χ0v) is 20.1. The highest BCUT2D eigenvalue weighted by atomic mass is 35.5. The Hall–Kier alpha value is -2.63. The summed E-state index contributed by atoms with van der Waals surface area (Å²) in [6.07, 6.45) is 6.85. The van der Waals surface area contributed by atoms with E-state index in [1.54, 1.807) is 0 Å². The summed E-state index contributed by atoms with van der Waals surface area (Å²) in [6.45, 7) is 1.28. The van der Waals surface area contributed by atoms with Crippen molar-refractivity contribution in [2.45, 2.75) is 51.0 Å². The van der Waals surface area contributed by atoms with Crippen LogP contribution in [0, 0.1) is 11.8 Å². The lowest BCUT2D eigenvalue weighted by Crippen LogP contribution is -2.23. The van der Waals surface area contributed by atoms with E-state index in [0.717, 1.165) is 48.5 Å². The number of carboxylic acids is 1. The molecule has 5 rings (SSSR count). The van der Waals surface area contributed by atoms with Crippen molar-refractivity contribution >= 4 is 17.6 Å². The first-order chi connectivity index (χ1) is 16.6. The molecule has 0 bridgehead atoms. The van der Waals surface area contributed by atoms with Gasteiger partial charge in [-0.25, -0.2) is 4.79 Å². The van der Waals surface area contributed by atoms with Crippen molar-refractivity contribution in [3.05, 3.63) is 65.3 Å². The van der Waals surface area contributed by atoms with Gasteiger partial charge in [0.2, 0.25) is 0 Å². The van der Waals surface area contributed by atoms with Gasteiger partial charge in [-0.1, -0.05) is 54.1 Å². The van der Waals surface area contributed by atoms with Crippen LogP contribution in [0.25, 0.3) is 22.4 Å². The fourth-order valence-electron chi connectivity index (χ4n) is 5.22. The summed E-state index contributed by atoms with van der Waals surface area (Å²) in [7, 11) is 0. The lowest BCUT2D eigenvalue weighted by Gasteiger charge is -2.28. The van der Waals surface area contributed by atoms with Crippen molar-refractivity contribution in [3.8, 4) is 22.4 Å².